The number of sulfonamides is 1. The van der Waals surface area contributed by atoms with Crippen LogP contribution in [-0.2, 0) is 29.5 Å². The lowest BCUT2D eigenvalue weighted by Crippen LogP contribution is -2.31. The van der Waals surface area contributed by atoms with Crippen LogP contribution in [0.15, 0.2) is 84.8 Å². The van der Waals surface area contributed by atoms with Crippen LogP contribution in [-0.4, -0.2) is 43.2 Å². The quantitative estimate of drug-likeness (QED) is 0.379. The summed E-state index contributed by atoms with van der Waals surface area (Å²) >= 11 is 1.43. The van der Waals surface area contributed by atoms with Crippen LogP contribution in [0.1, 0.15) is 31.9 Å². The fraction of sp³-hybridized carbons (Fsp3) is 0.214. The van der Waals surface area contributed by atoms with E-state index >= 15 is 0 Å². The van der Waals surface area contributed by atoms with E-state index in [1.807, 2.05) is 18.2 Å². The van der Waals surface area contributed by atoms with E-state index in [4.69, 9.17) is 0 Å². The number of hydrogen-bond acceptors (Lipinski definition) is 6. The van der Waals surface area contributed by atoms with Gasteiger partial charge in [0.25, 0.3) is 5.91 Å². The largest absolute Gasteiger partial charge is 0.312 e. The molecule has 0 saturated heterocycles. The van der Waals surface area contributed by atoms with Gasteiger partial charge in [-0.2, -0.15) is 9.57 Å². The smallest absolute Gasteiger partial charge is 0.256 e. The van der Waals surface area contributed by atoms with Gasteiger partial charge in [-0.3, -0.25) is 9.69 Å². The summed E-state index contributed by atoms with van der Waals surface area (Å²) in [6.07, 6.45) is 3.77. The lowest BCUT2D eigenvalue weighted by Gasteiger charge is -2.26. The Balaban J connectivity index is 1.49. The zero-order chi connectivity index (χ0) is 26.4. The summed E-state index contributed by atoms with van der Waals surface area (Å²) in [5, 5.41) is 13.2. The van der Waals surface area contributed by atoms with Gasteiger partial charge in [-0.1, -0.05) is 42.5 Å². The van der Waals surface area contributed by atoms with Crippen molar-refractivity contribution < 1.29 is 13.2 Å². The minimum atomic E-state index is -3.75. The van der Waals surface area contributed by atoms with Gasteiger partial charge in [0.2, 0.25) is 10.0 Å². The van der Waals surface area contributed by atoms with Gasteiger partial charge in [0.15, 0.2) is 0 Å². The third-order valence-electron chi connectivity index (χ3n) is 6.14. The Morgan fingerprint density at radius 2 is 1.78 bits per heavy atom. The van der Waals surface area contributed by atoms with Gasteiger partial charge in [0.1, 0.15) is 11.1 Å². The molecule has 0 saturated carbocycles. The van der Waals surface area contributed by atoms with E-state index in [0.29, 0.717) is 16.1 Å². The molecule has 0 unspecified atom stereocenters. The van der Waals surface area contributed by atoms with Crippen LogP contribution < -0.4 is 5.32 Å². The molecule has 4 rings (SSSR count). The molecule has 1 aliphatic heterocycles. The highest BCUT2D eigenvalue weighted by Gasteiger charge is 2.26. The van der Waals surface area contributed by atoms with E-state index in [9.17, 15) is 18.5 Å². The Bertz CT molecular complexity index is 1430. The minimum Gasteiger partial charge on any atom is -0.312 e. The van der Waals surface area contributed by atoms with Crippen molar-refractivity contribution in [2.75, 3.05) is 25.0 Å². The minimum absolute atomic E-state index is 0.0792. The average molecular weight is 533 g/mol. The fourth-order valence-electron chi connectivity index (χ4n) is 4.30. The van der Waals surface area contributed by atoms with Crippen molar-refractivity contribution in [3.8, 4) is 6.07 Å². The van der Waals surface area contributed by atoms with Crippen molar-refractivity contribution in [2.45, 2.75) is 24.4 Å². The molecule has 2 heterocycles. The molecule has 190 valence electrons. The van der Waals surface area contributed by atoms with Gasteiger partial charge in [-0.15, -0.1) is 24.5 Å². The third-order valence-corrected chi connectivity index (χ3v) is 9.12. The highest BCUT2D eigenvalue weighted by molar-refractivity contribution is 7.89. The highest BCUT2D eigenvalue weighted by atomic mass is 32.2. The van der Waals surface area contributed by atoms with Gasteiger partial charge in [-0.25, -0.2) is 8.42 Å². The number of carbonyl (C=O) groups is 1. The number of hydrogen-bond donors (Lipinski definition) is 1. The molecule has 1 aliphatic rings. The first-order valence-corrected chi connectivity index (χ1v) is 14.1. The molecule has 7 nitrogen and oxygen atoms in total. The molecule has 1 amide bonds. The second kappa shape index (κ2) is 11.7. The van der Waals surface area contributed by atoms with Crippen LogP contribution >= 0.6 is 11.3 Å². The third kappa shape index (κ3) is 5.89. The molecule has 0 atom stereocenters. The molecule has 0 radical (unpaired) electrons. The number of nitrogens with one attached hydrogen (secondary N) is 1. The standard InChI is InChI=1S/C28H28N4O3S2/c1-3-15-32(16-4-2)37(34,35)23-12-10-22(11-13-23)27(33)30-28-25(18-29)24-14-17-31(20-26(24)36-28)19-21-8-6-5-7-9-21/h3-13H,1-2,14-17,19-20H2,(H,30,33). The Morgan fingerprint density at radius 1 is 1.11 bits per heavy atom. The van der Waals surface area contributed by atoms with Crippen LogP contribution in [0.2, 0.25) is 0 Å². The first kappa shape index (κ1) is 26.5. The lowest BCUT2D eigenvalue weighted by atomic mass is 10.0. The Labute approximate surface area is 222 Å². The first-order valence-electron chi connectivity index (χ1n) is 11.8. The van der Waals surface area contributed by atoms with Crippen LogP contribution in [0.3, 0.4) is 0 Å². The zero-order valence-corrected chi connectivity index (χ0v) is 22.0. The number of fused-ring (bicyclic) bond motifs is 1. The predicted molar refractivity (Wildman–Crippen MR) is 147 cm³/mol. The molecular weight excluding hydrogens is 504 g/mol. The lowest BCUT2D eigenvalue weighted by molar-refractivity contribution is 0.102. The molecule has 2 aromatic carbocycles. The molecule has 0 bridgehead atoms. The topological polar surface area (TPSA) is 93.5 Å². The maximum Gasteiger partial charge on any atom is 0.256 e. The Morgan fingerprint density at radius 3 is 2.41 bits per heavy atom. The van der Waals surface area contributed by atoms with E-state index in [0.717, 1.165) is 36.5 Å². The molecule has 37 heavy (non-hydrogen) atoms. The number of carbonyl (C=O) groups excluding carboxylic acids is 1. The van der Waals surface area contributed by atoms with Crippen LogP contribution in [0, 0.1) is 11.3 Å². The van der Waals surface area contributed by atoms with Crippen LogP contribution in [0.25, 0.3) is 0 Å². The van der Waals surface area contributed by atoms with Gasteiger partial charge in [0, 0.05) is 43.2 Å². The summed E-state index contributed by atoms with van der Waals surface area (Å²) in [5.74, 6) is -0.394. The summed E-state index contributed by atoms with van der Waals surface area (Å²) in [5.41, 5.74) is 3.05. The average Bonchev–Trinajstić information content (AvgIpc) is 3.25. The summed E-state index contributed by atoms with van der Waals surface area (Å²) in [6, 6.07) is 18.3. The number of anilines is 1. The van der Waals surface area contributed by atoms with Crippen molar-refractivity contribution in [3.63, 3.8) is 0 Å². The summed E-state index contributed by atoms with van der Waals surface area (Å²) in [6.45, 7) is 9.91. The monoisotopic (exact) mass is 532 g/mol. The van der Waals surface area contributed by atoms with Gasteiger partial charge in [-0.05, 0) is 41.8 Å². The van der Waals surface area contributed by atoms with E-state index in [1.54, 1.807) is 0 Å². The van der Waals surface area contributed by atoms with Crippen LogP contribution in [0.5, 0.6) is 0 Å². The molecule has 1 aromatic heterocycles. The second-order valence-electron chi connectivity index (χ2n) is 8.64. The number of thiophene rings is 1. The van der Waals surface area contributed by atoms with E-state index in [2.05, 4.69) is 41.6 Å². The van der Waals surface area contributed by atoms with Crippen LogP contribution in [0.4, 0.5) is 5.00 Å². The van der Waals surface area contributed by atoms with Crippen molar-refractivity contribution in [2.24, 2.45) is 0 Å². The molecule has 1 N–H and O–H groups in total. The molecule has 0 fully saturated rings. The molecule has 9 heteroatoms. The number of nitrogens with zero attached hydrogens (tertiary/aromatic N) is 3. The van der Waals surface area contributed by atoms with Crippen molar-refractivity contribution in [3.05, 3.63) is 107 Å². The molecular formula is C28H28N4O3S2. The number of amides is 1. The van der Waals surface area contributed by atoms with E-state index in [1.165, 1.54) is 57.6 Å². The maximum atomic E-state index is 13.0. The van der Waals surface area contributed by atoms with Crippen molar-refractivity contribution >= 4 is 32.3 Å². The fourth-order valence-corrected chi connectivity index (χ4v) is 6.92. The zero-order valence-electron chi connectivity index (χ0n) is 20.4. The van der Waals surface area contributed by atoms with Crippen molar-refractivity contribution in [1.29, 1.82) is 5.26 Å². The predicted octanol–water partition coefficient (Wildman–Crippen LogP) is 4.79. The number of nitriles is 1. The van der Waals surface area contributed by atoms with Gasteiger partial charge < -0.3 is 5.32 Å². The second-order valence-corrected chi connectivity index (χ2v) is 11.7. The van der Waals surface area contributed by atoms with E-state index in [-0.39, 0.29) is 18.0 Å². The number of benzene rings is 2. The summed E-state index contributed by atoms with van der Waals surface area (Å²) in [7, 11) is -3.75. The molecule has 3 aromatic rings. The normalized spacial score (nSPS) is 13.5. The first-order chi connectivity index (χ1) is 17.9. The SMILES string of the molecule is C=CCN(CC=C)S(=O)(=O)c1ccc(C(=O)Nc2sc3c(c2C#N)CCN(Cc2ccccc2)C3)cc1. The van der Waals surface area contributed by atoms with Gasteiger partial charge in [0.05, 0.1) is 10.5 Å². The van der Waals surface area contributed by atoms with Gasteiger partial charge >= 0.3 is 0 Å². The molecule has 0 aliphatic carbocycles. The highest BCUT2D eigenvalue weighted by Crippen LogP contribution is 2.37. The van der Waals surface area contributed by atoms with E-state index < -0.39 is 15.9 Å². The summed E-state index contributed by atoms with van der Waals surface area (Å²) < 4.78 is 27.1. The Kier molecular flexibility index (Phi) is 8.36. The summed E-state index contributed by atoms with van der Waals surface area (Å²) in [4.78, 5) is 16.5. The van der Waals surface area contributed by atoms with Crippen molar-refractivity contribution in [1.82, 2.24) is 9.21 Å². The number of rotatable bonds is 10. The molecule has 0 spiro atoms. The Hall–Kier alpha value is -3.55. The maximum absolute atomic E-state index is 13.0.